The van der Waals surface area contributed by atoms with Crippen LogP contribution in [0.1, 0.15) is 0 Å². The van der Waals surface area contributed by atoms with Crippen molar-refractivity contribution < 1.29 is 14.6 Å². The van der Waals surface area contributed by atoms with E-state index in [-0.39, 0.29) is 5.75 Å². The van der Waals surface area contributed by atoms with E-state index in [0.717, 1.165) is 22.6 Å². The highest BCUT2D eigenvalue weighted by atomic mass is 16.5. The molecule has 0 saturated heterocycles. The molecular formula is C19H15O3. The van der Waals surface area contributed by atoms with Crippen LogP contribution in [0.3, 0.4) is 0 Å². The van der Waals surface area contributed by atoms with Crippen LogP contribution in [0.2, 0.25) is 0 Å². The summed E-state index contributed by atoms with van der Waals surface area (Å²) in [4.78, 5) is 0. The second kappa shape index (κ2) is 6.22. The fraction of sp³-hybridized carbons (Fsp3) is 0.0526. The molecule has 0 heterocycles. The Bertz CT molecular complexity index is 764. The second-order valence-corrected chi connectivity index (χ2v) is 4.83. The summed E-state index contributed by atoms with van der Waals surface area (Å²) in [6, 6.07) is 21.9. The van der Waals surface area contributed by atoms with Gasteiger partial charge in [0.2, 0.25) is 0 Å². The van der Waals surface area contributed by atoms with Crippen molar-refractivity contribution in [2.24, 2.45) is 0 Å². The molecule has 3 aromatic carbocycles. The van der Waals surface area contributed by atoms with Crippen LogP contribution >= 0.6 is 0 Å². The van der Waals surface area contributed by atoms with E-state index in [4.69, 9.17) is 9.47 Å². The van der Waals surface area contributed by atoms with Crippen LogP contribution in [0.5, 0.6) is 23.0 Å². The summed E-state index contributed by atoms with van der Waals surface area (Å²) < 4.78 is 11.0. The maximum atomic E-state index is 11.4. The van der Waals surface area contributed by atoms with Gasteiger partial charge in [0, 0.05) is 6.07 Å². The summed E-state index contributed by atoms with van der Waals surface area (Å²) in [6.07, 6.45) is 0. The Hall–Kier alpha value is -2.94. The van der Waals surface area contributed by atoms with Gasteiger partial charge in [-0.15, -0.1) is 0 Å². The number of methoxy groups -OCH3 is 1. The first-order chi connectivity index (χ1) is 10.7. The molecule has 0 amide bonds. The van der Waals surface area contributed by atoms with Gasteiger partial charge in [-0.25, -0.2) is 0 Å². The molecule has 0 fully saturated rings. The van der Waals surface area contributed by atoms with E-state index < -0.39 is 0 Å². The van der Waals surface area contributed by atoms with Crippen molar-refractivity contribution in [2.45, 2.75) is 0 Å². The van der Waals surface area contributed by atoms with Crippen LogP contribution in [0.25, 0.3) is 11.1 Å². The molecular weight excluding hydrogens is 276 g/mol. The van der Waals surface area contributed by atoms with Crippen molar-refractivity contribution in [3.05, 3.63) is 72.8 Å². The predicted molar refractivity (Wildman–Crippen MR) is 85.1 cm³/mol. The third kappa shape index (κ3) is 3.20. The lowest BCUT2D eigenvalue weighted by atomic mass is 10.1. The highest BCUT2D eigenvalue weighted by molar-refractivity contribution is 5.65. The number of rotatable bonds is 4. The summed E-state index contributed by atoms with van der Waals surface area (Å²) in [6.45, 7) is 0. The van der Waals surface area contributed by atoms with Crippen LogP contribution in [-0.2, 0) is 5.11 Å². The van der Waals surface area contributed by atoms with Crippen molar-refractivity contribution >= 4 is 0 Å². The van der Waals surface area contributed by atoms with E-state index in [0.29, 0.717) is 5.75 Å². The molecule has 0 atom stereocenters. The Morgan fingerprint density at radius 2 is 1.41 bits per heavy atom. The minimum atomic E-state index is 0.00853. The summed E-state index contributed by atoms with van der Waals surface area (Å²) in [7, 11) is 1.62. The van der Waals surface area contributed by atoms with E-state index in [1.807, 2.05) is 54.6 Å². The normalized spacial score (nSPS) is 10.2. The topological polar surface area (TPSA) is 38.4 Å². The summed E-state index contributed by atoms with van der Waals surface area (Å²) >= 11 is 0. The van der Waals surface area contributed by atoms with E-state index in [9.17, 15) is 5.11 Å². The lowest BCUT2D eigenvalue weighted by Gasteiger charge is -2.08. The molecule has 3 aromatic rings. The molecule has 22 heavy (non-hydrogen) atoms. The average molecular weight is 291 g/mol. The van der Waals surface area contributed by atoms with Crippen molar-refractivity contribution in [1.82, 2.24) is 0 Å². The molecule has 3 nitrogen and oxygen atoms in total. The zero-order valence-electron chi connectivity index (χ0n) is 12.2. The van der Waals surface area contributed by atoms with Gasteiger partial charge in [-0.3, -0.25) is 5.11 Å². The van der Waals surface area contributed by atoms with Crippen LogP contribution in [0, 0.1) is 0 Å². The van der Waals surface area contributed by atoms with E-state index in [1.54, 1.807) is 25.3 Å². The van der Waals surface area contributed by atoms with Gasteiger partial charge < -0.3 is 9.47 Å². The Kier molecular flexibility index (Phi) is 3.97. The number of ether oxygens (including phenoxy) is 2. The maximum Gasteiger partial charge on any atom is 0.179 e. The fourth-order valence-electron chi connectivity index (χ4n) is 2.19. The van der Waals surface area contributed by atoms with Crippen LogP contribution in [0.15, 0.2) is 72.8 Å². The lowest BCUT2D eigenvalue weighted by molar-refractivity contribution is 0.355. The molecule has 0 bridgehead atoms. The maximum absolute atomic E-state index is 11.4. The third-order valence-electron chi connectivity index (χ3n) is 3.30. The highest BCUT2D eigenvalue weighted by Gasteiger charge is 2.02. The van der Waals surface area contributed by atoms with Gasteiger partial charge in [-0.05, 0) is 47.5 Å². The zero-order valence-corrected chi connectivity index (χ0v) is 12.2. The summed E-state index contributed by atoms with van der Waals surface area (Å²) in [5.74, 6) is 2.21. The molecule has 0 spiro atoms. The van der Waals surface area contributed by atoms with Crippen molar-refractivity contribution in [3.8, 4) is 34.1 Å². The molecule has 3 heteroatoms. The van der Waals surface area contributed by atoms with Crippen molar-refractivity contribution in [1.29, 1.82) is 0 Å². The Labute approximate surface area is 129 Å². The zero-order chi connectivity index (χ0) is 15.4. The first kappa shape index (κ1) is 14.0. The Morgan fingerprint density at radius 3 is 2.14 bits per heavy atom. The largest absolute Gasteiger partial charge is 0.497 e. The van der Waals surface area contributed by atoms with Crippen LogP contribution in [-0.4, -0.2) is 7.11 Å². The molecule has 0 aliphatic heterocycles. The van der Waals surface area contributed by atoms with E-state index in [1.165, 1.54) is 0 Å². The second-order valence-electron chi connectivity index (χ2n) is 4.83. The molecule has 0 aliphatic carbocycles. The SMILES string of the molecule is COc1cccc(Oc2ccc(-c3cccc([O])c3)cc2)c1. The first-order valence-corrected chi connectivity index (χ1v) is 6.94. The lowest BCUT2D eigenvalue weighted by Crippen LogP contribution is -1.86. The molecule has 3 rings (SSSR count). The fourth-order valence-corrected chi connectivity index (χ4v) is 2.19. The number of hydrogen-bond donors (Lipinski definition) is 0. The number of benzene rings is 3. The van der Waals surface area contributed by atoms with Gasteiger partial charge in [0.25, 0.3) is 0 Å². The van der Waals surface area contributed by atoms with Gasteiger partial charge in [0.1, 0.15) is 17.2 Å². The third-order valence-corrected chi connectivity index (χ3v) is 3.30. The van der Waals surface area contributed by atoms with Crippen molar-refractivity contribution in [3.63, 3.8) is 0 Å². The quantitative estimate of drug-likeness (QED) is 0.654. The monoisotopic (exact) mass is 291 g/mol. The molecule has 0 saturated carbocycles. The van der Waals surface area contributed by atoms with Crippen LogP contribution in [0.4, 0.5) is 0 Å². The highest BCUT2D eigenvalue weighted by Crippen LogP contribution is 2.28. The molecule has 1 radical (unpaired) electrons. The Balaban J connectivity index is 1.79. The van der Waals surface area contributed by atoms with Gasteiger partial charge >= 0.3 is 0 Å². The molecule has 0 aliphatic rings. The summed E-state index contributed by atoms with van der Waals surface area (Å²) in [5, 5.41) is 11.4. The smallest absolute Gasteiger partial charge is 0.179 e. The average Bonchev–Trinajstić information content (AvgIpc) is 2.56. The van der Waals surface area contributed by atoms with Gasteiger partial charge in [0.15, 0.2) is 5.75 Å². The van der Waals surface area contributed by atoms with E-state index in [2.05, 4.69) is 0 Å². The Morgan fingerprint density at radius 1 is 0.682 bits per heavy atom. The first-order valence-electron chi connectivity index (χ1n) is 6.94. The van der Waals surface area contributed by atoms with E-state index >= 15 is 0 Å². The molecule has 0 aromatic heterocycles. The van der Waals surface area contributed by atoms with Crippen LogP contribution < -0.4 is 9.47 Å². The van der Waals surface area contributed by atoms with Gasteiger partial charge in [-0.2, -0.15) is 0 Å². The molecule has 0 N–H and O–H groups in total. The number of hydrogen-bond acceptors (Lipinski definition) is 2. The van der Waals surface area contributed by atoms with Gasteiger partial charge in [0.05, 0.1) is 7.11 Å². The minimum absolute atomic E-state index is 0.00853. The van der Waals surface area contributed by atoms with Crippen molar-refractivity contribution in [2.75, 3.05) is 7.11 Å². The standard InChI is InChI=1S/C19H15O3/c1-21-18-6-3-7-19(13-18)22-17-10-8-14(9-11-17)15-4-2-5-16(20)12-15/h2-13H,1H3. The molecule has 109 valence electrons. The van der Waals surface area contributed by atoms with Gasteiger partial charge in [-0.1, -0.05) is 30.3 Å². The summed E-state index contributed by atoms with van der Waals surface area (Å²) in [5.41, 5.74) is 1.89. The molecule has 0 unspecified atom stereocenters. The predicted octanol–water partition coefficient (Wildman–Crippen LogP) is 5.30. The minimum Gasteiger partial charge on any atom is -0.497 e.